The molecule has 6 nitrogen and oxygen atoms in total. The molecule has 1 unspecified atom stereocenters. The van der Waals surface area contributed by atoms with Crippen molar-refractivity contribution in [2.45, 2.75) is 30.7 Å². The molecule has 1 aliphatic rings. The van der Waals surface area contributed by atoms with Crippen LogP contribution in [-0.2, 0) is 23.7 Å². The SMILES string of the molecule is [2H]COC[C@H]1OC(OC)[C@H](O)[C@@H](OC[2H])[C@H]1OC[2H]. The van der Waals surface area contributed by atoms with Crippen molar-refractivity contribution in [1.29, 1.82) is 0 Å². The molecule has 96 valence electrons. The molecule has 0 amide bonds. The summed E-state index contributed by atoms with van der Waals surface area (Å²) in [5.41, 5.74) is 0. The van der Waals surface area contributed by atoms with E-state index in [0.29, 0.717) is 0 Å². The Kier molecular flexibility index (Phi) is 3.95. The number of hydrogen-bond acceptors (Lipinski definition) is 6. The van der Waals surface area contributed by atoms with Crippen molar-refractivity contribution in [3.8, 4) is 0 Å². The molecule has 0 aromatic carbocycles. The number of aliphatic hydroxyl groups is 1. The Labute approximate surface area is 99.6 Å². The van der Waals surface area contributed by atoms with E-state index >= 15 is 0 Å². The van der Waals surface area contributed by atoms with Crippen LogP contribution in [0, 0.1) is 0 Å². The van der Waals surface area contributed by atoms with E-state index in [0.717, 1.165) is 0 Å². The Morgan fingerprint density at radius 2 is 1.94 bits per heavy atom. The zero-order valence-electron chi connectivity index (χ0n) is 12.2. The van der Waals surface area contributed by atoms with Crippen molar-refractivity contribution in [3.63, 3.8) is 0 Å². The van der Waals surface area contributed by atoms with Crippen LogP contribution in [0.25, 0.3) is 0 Å². The van der Waals surface area contributed by atoms with Gasteiger partial charge in [-0.25, -0.2) is 0 Å². The zero-order chi connectivity index (χ0) is 14.3. The maximum absolute atomic E-state index is 10.0. The van der Waals surface area contributed by atoms with Gasteiger partial charge in [-0.05, 0) is 0 Å². The van der Waals surface area contributed by atoms with E-state index in [1.54, 1.807) is 0 Å². The van der Waals surface area contributed by atoms with Crippen LogP contribution in [0.4, 0.5) is 0 Å². The first-order valence-electron chi connectivity index (χ1n) is 6.86. The van der Waals surface area contributed by atoms with Gasteiger partial charge in [0, 0.05) is 28.4 Å². The molecule has 1 saturated heterocycles. The average molecular weight is 239 g/mol. The number of aliphatic hydroxyl groups excluding tert-OH is 1. The molecule has 1 fully saturated rings. The standard InChI is InChI=1S/C10H20O6/c1-12-5-6-8(13-2)9(14-3)7(11)10(15-4)16-6/h6-11H,5H2,1-4H3/t6-,7-,8+,9-,10?/m1/s1/i1D,2D,3D. The highest BCUT2D eigenvalue weighted by molar-refractivity contribution is 4.91. The second-order valence-corrected chi connectivity index (χ2v) is 3.40. The largest absolute Gasteiger partial charge is 0.385 e. The van der Waals surface area contributed by atoms with Crippen LogP contribution in [0.15, 0.2) is 0 Å². The Hall–Kier alpha value is -0.240. The van der Waals surface area contributed by atoms with Crippen LogP contribution in [0.3, 0.4) is 0 Å². The van der Waals surface area contributed by atoms with Gasteiger partial charge in [0.2, 0.25) is 0 Å². The first kappa shape index (κ1) is 9.76. The predicted molar refractivity (Wildman–Crippen MR) is 55.1 cm³/mol. The van der Waals surface area contributed by atoms with Crippen LogP contribution >= 0.6 is 0 Å². The summed E-state index contributed by atoms with van der Waals surface area (Å²) in [6, 6.07) is 0. The van der Waals surface area contributed by atoms with Gasteiger partial charge >= 0.3 is 0 Å². The molecule has 16 heavy (non-hydrogen) atoms. The van der Waals surface area contributed by atoms with Gasteiger partial charge in [0.05, 0.1) is 10.7 Å². The topological polar surface area (TPSA) is 66.4 Å². The van der Waals surface area contributed by atoms with Gasteiger partial charge in [-0.15, -0.1) is 0 Å². The molecule has 0 spiro atoms. The Morgan fingerprint density at radius 3 is 2.56 bits per heavy atom. The van der Waals surface area contributed by atoms with Gasteiger partial charge in [0.25, 0.3) is 0 Å². The molecule has 1 aliphatic heterocycles. The van der Waals surface area contributed by atoms with Crippen molar-refractivity contribution in [2.75, 3.05) is 35.0 Å². The minimum Gasteiger partial charge on any atom is -0.385 e. The normalized spacial score (nSPS) is 42.4. The Morgan fingerprint density at radius 1 is 1.19 bits per heavy atom. The molecule has 0 radical (unpaired) electrons. The highest BCUT2D eigenvalue weighted by atomic mass is 16.7. The first-order valence-corrected chi connectivity index (χ1v) is 4.74. The Bertz CT molecular complexity index is 247. The van der Waals surface area contributed by atoms with Crippen LogP contribution < -0.4 is 0 Å². The summed E-state index contributed by atoms with van der Waals surface area (Å²) in [4.78, 5) is 0. The number of ether oxygens (including phenoxy) is 5. The van der Waals surface area contributed by atoms with Crippen LogP contribution in [0.1, 0.15) is 4.11 Å². The lowest BCUT2D eigenvalue weighted by atomic mass is 9.99. The molecule has 0 aromatic rings. The fourth-order valence-corrected chi connectivity index (χ4v) is 1.73. The summed E-state index contributed by atoms with van der Waals surface area (Å²) in [6.07, 6.45) is -4.29. The summed E-state index contributed by atoms with van der Waals surface area (Å²) in [5.74, 6) is 0. The molecule has 0 bridgehead atoms. The second-order valence-electron chi connectivity index (χ2n) is 3.40. The summed E-state index contributed by atoms with van der Waals surface area (Å²) < 4.78 is 46.9. The van der Waals surface area contributed by atoms with E-state index in [1.807, 2.05) is 0 Å². The molecule has 1 heterocycles. The lowest BCUT2D eigenvalue weighted by Gasteiger charge is -2.42. The Balaban J connectivity index is 2.80. The van der Waals surface area contributed by atoms with Crippen LogP contribution in [0.5, 0.6) is 0 Å². The van der Waals surface area contributed by atoms with E-state index in [-0.39, 0.29) is 27.9 Å². The van der Waals surface area contributed by atoms with Crippen molar-refractivity contribution in [3.05, 3.63) is 0 Å². The fourth-order valence-electron chi connectivity index (χ4n) is 1.73. The van der Waals surface area contributed by atoms with E-state index in [1.165, 1.54) is 7.11 Å². The summed E-state index contributed by atoms with van der Waals surface area (Å²) in [7, 11) is 0.438. The third-order valence-corrected chi connectivity index (χ3v) is 2.51. The maximum Gasteiger partial charge on any atom is 0.186 e. The van der Waals surface area contributed by atoms with Gasteiger partial charge in [0.15, 0.2) is 6.29 Å². The lowest BCUT2D eigenvalue weighted by Crippen LogP contribution is -2.60. The van der Waals surface area contributed by atoms with Gasteiger partial charge in [-0.1, -0.05) is 0 Å². The molecule has 0 aliphatic carbocycles. The quantitative estimate of drug-likeness (QED) is 0.691. The molecular weight excluding hydrogens is 216 g/mol. The van der Waals surface area contributed by atoms with E-state index in [4.69, 9.17) is 27.8 Å². The van der Waals surface area contributed by atoms with Crippen LogP contribution in [-0.4, -0.2) is 70.8 Å². The number of rotatable bonds is 5. The molecule has 6 heteroatoms. The lowest BCUT2D eigenvalue weighted by molar-refractivity contribution is -0.302. The van der Waals surface area contributed by atoms with Gasteiger partial charge in [-0.3, -0.25) is 0 Å². The molecule has 1 N–H and O–H groups in total. The van der Waals surface area contributed by atoms with Crippen molar-refractivity contribution in [2.24, 2.45) is 0 Å². The van der Waals surface area contributed by atoms with E-state index in [2.05, 4.69) is 0 Å². The third kappa shape index (κ3) is 2.71. The molecule has 5 atom stereocenters. The van der Waals surface area contributed by atoms with Crippen molar-refractivity contribution >= 4 is 0 Å². The first-order chi connectivity index (χ1) is 9.19. The molecule has 0 saturated carbocycles. The second kappa shape index (κ2) is 6.48. The fraction of sp³-hybridized carbons (Fsp3) is 1.00. The monoisotopic (exact) mass is 239 g/mol. The van der Waals surface area contributed by atoms with Gasteiger partial charge in [-0.2, -0.15) is 0 Å². The molecule has 0 aromatic heterocycles. The van der Waals surface area contributed by atoms with Gasteiger partial charge < -0.3 is 28.8 Å². The summed E-state index contributed by atoms with van der Waals surface area (Å²) in [6.45, 7) is 0.0542. The van der Waals surface area contributed by atoms with Crippen LogP contribution in [0.2, 0.25) is 0 Å². The van der Waals surface area contributed by atoms with E-state index in [9.17, 15) is 5.11 Å². The van der Waals surface area contributed by atoms with Gasteiger partial charge in [0.1, 0.15) is 24.4 Å². The van der Waals surface area contributed by atoms with Crippen molar-refractivity contribution in [1.82, 2.24) is 0 Å². The third-order valence-electron chi connectivity index (χ3n) is 2.51. The minimum atomic E-state index is -1.13. The molecular formula is C10H20O6. The highest BCUT2D eigenvalue weighted by Crippen LogP contribution is 2.25. The predicted octanol–water partition coefficient (Wildman–Crippen LogP) is -0.605. The summed E-state index contributed by atoms with van der Waals surface area (Å²) >= 11 is 0. The smallest absolute Gasteiger partial charge is 0.186 e. The number of hydrogen-bond donors (Lipinski definition) is 1. The maximum atomic E-state index is 10.0. The highest BCUT2D eigenvalue weighted by Gasteiger charge is 2.46. The summed E-state index contributed by atoms with van der Waals surface area (Å²) in [5, 5.41) is 10.0. The molecule has 1 rings (SSSR count). The number of methoxy groups -OCH3 is 4. The average Bonchev–Trinajstić information content (AvgIpc) is 2.42. The van der Waals surface area contributed by atoms with Crippen molar-refractivity contribution < 1.29 is 32.9 Å². The van der Waals surface area contributed by atoms with E-state index < -0.39 is 30.7 Å². The zero-order valence-corrected chi connectivity index (χ0v) is 9.20. The minimum absolute atomic E-state index is 0.0542.